The number of rotatable bonds is 4. The predicted molar refractivity (Wildman–Crippen MR) is 38.7 cm³/mol. The number of aliphatic carboxylic acids is 4. The van der Waals surface area contributed by atoms with Gasteiger partial charge in [0.15, 0.2) is 0 Å². The molecular formula is C9H6K4O8. The second-order valence-corrected chi connectivity index (χ2v) is 3.81. The topological polar surface area (TPSA) is 161 Å². The first-order valence-electron chi connectivity index (χ1n) is 4.59. The van der Waals surface area contributed by atoms with Crippen LogP contribution >= 0.6 is 0 Å². The standard InChI is InChI=1S/C9H10O8.4K/c10-4(11)8(5(12)13)2-1-3-9(8,6(14)15)7(16)17;;;;/h1-3H2,(H,10,11)(H,12,13)(H,14,15)(H,16,17);;;;/q;4*+1/p-4. The summed E-state index contributed by atoms with van der Waals surface area (Å²) >= 11 is 0. The van der Waals surface area contributed by atoms with Gasteiger partial charge in [0.05, 0.1) is 34.7 Å². The van der Waals surface area contributed by atoms with Crippen LogP contribution in [0.2, 0.25) is 0 Å². The number of hydrogen-bond acceptors (Lipinski definition) is 8. The zero-order valence-electron chi connectivity index (χ0n) is 12.4. The van der Waals surface area contributed by atoms with Crippen molar-refractivity contribution in [1.82, 2.24) is 0 Å². The molecule has 0 saturated heterocycles. The monoisotopic (exact) mass is 398 g/mol. The summed E-state index contributed by atoms with van der Waals surface area (Å²) in [6.07, 6.45) is -1.69. The van der Waals surface area contributed by atoms with E-state index in [2.05, 4.69) is 0 Å². The summed E-state index contributed by atoms with van der Waals surface area (Å²) in [6.45, 7) is 0. The van der Waals surface area contributed by atoms with Gasteiger partial charge in [-0.3, -0.25) is 0 Å². The molecular weight excluding hydrogens is 392 g/mol. The van der Waals surface area contributed by atoms with Gasteiger partial charge in [-0.25, -0.2) is 0 Å². The van der Waals surface area contributed by atoms with Gasteiger partial charge in [-0.1, -0.05) is 6.42 Å². The Morgan fingerprint density at radius 2 is 0.762 bits per heavy atom. The molecule has 1 aliphatic rings. The molecule has 0 unspecified atom stereocenters. The second-order valence-electron chi connectivity index (χ2n) is 3.81. The smallest absolute Gasteiger partial charge is 0.549 e. The summed E-state index contributed by atoms with van der Waals surface area (Å²) in [7, 11) is 0. The summed E-state index contributed by atoms with van der Waals surface area (Å²) in [5.41, 5.74) is -6.32. The van der Waals surface area contributed by atoms with E-state index >= 15 is 0 Å². The zero-order chi connectivity index (χ0) is 13.4. The fraction of sp³-hybridized carbons (Fsp3) is 0.556. The molecule has 0 aliphatic heterocycles. The molecule has 0 aromatic carbocycles. The first-order valence-corrected chi connectivity index (χ1v) is 4.59. The van der Waals surface area contributed by atoms with Crippen molar-refractivity contribution in [3.63, 3.8) is 0 Å². The van der Waals surface area contributed by atoms with Gasteiger partial charge in [-0.05, 0) is 12.8 Å². The molecule has 0 heterocycles. The van der Waals surface area contributed by atoms with Gasteiger partial charge in [-0.15, -0.1) is 0 Å². The summed E-state index contributed by atoms with van der Waals surface area (Å²) in [5.74, 6) is -9.32. The third-order valence-electron chi connectivity index (χ3n) is 3.23. The van der Waals surface area contributed by atoms with Crippen molar-refractivity contribution >= 4 is 23.9 Å². The first-order chi connectivity index (χ1) is 7.73. The molecule has 1 saturated carbocycles. The minimum absolute atomic E-state index is 0. The van der Waals surface area contributed by atoms with Crippen LogP contribution in [0, 0.1) is 10.8 Å². The number of carboxylic acid groups (broad SMARTS) is 4. The minimum Gasteiger partial charge on any atom is -0.549 e. The number of carbonyl (C=O) groups is 4. The SMILES string of the molecule is O=C([O-])C1(C(=O)[O-])CCCC1(C(=O)[O-])C(=O)[O-].[K+].[K+].[K+].[K+]. The Kier molecular flexibility index (Phi) is 21.4. The number of hydrogen-bond donors (Lipinski definition) is 0. The van der Waals surface area contributed by atoms with E-state index in [9.17, 15) is 39.6 Å². The maximum absolute atomic E-state index is 10.9. The average molecular weight is 399 g/mol. The number of carboxylic acids is 4. The molecule has 94 valence electrons. The van der Waals surface area contributed by atoms with E-state index in [0.717, 1.165) is 0 Å². The molecule has 1 aliphatic carbocycles. The molecule has 0 N–H and O–H groups in total. The largest absolute Gasteiger partial charge is 1.00 e. The molecule has 8 nitrogen and oxygen atoms in total. The van der Waals surface area contributed by atoms with E-state index in [1.807, 2.05) is 0 Å². The predicted octanol–water partition coefficient (Wildman–Crippen LogP) is -17.8. The van der Waals surface area contributed by atoms with Gasteiger partial charge in [0.1, 0.15) is 0 Å². The zero-order valence-corrected chi connectivity index (χ0v) is 24.9. The van der Waals surface area contributed by atoms with Crippen LogP contribution in [0.15, 0.2) is 0 Å². The average Bonchev–Trinajstić information content (AvgIpc) is 2.58. The van der Waals surface area contributed by atoms with Gasteiger partial charge in [0.25, 0.3) is 0 Å². The molecule has 1 fully saturated rings. The van der Waals surface area contributed by atoms with Crippen molar-refractivity contribution in [1.29, 1.82) is 0 Å². The van der Waals surface area contributed by atoms with Crippen molar-refractivity contribution in [3.05, 3.63) is 0 Å². The summed E-state index contributed by atoms with van der Waals surface area (Å²) in [5, 5.41) is 43.5. The minimum atomic E-state index is -3.16. The van der Waals surface area contributed by atoms with Crippen LogP contribution in [0.1, 0.15) is 19.3 Å². The van der Waals surface area contributed by atoms with Crippen molar-refractivity contribution in [2.24, 2.45) is 10.8 Å². The van der Waals surface area contributed by atoms with Gasteiger partial charge in [0, 0.05) is 0 Å². The molecule has 0 spiro atoms. The van der Waals surface area contributed by atoms with Crippen molar-refractivity contribution < 1.29 is 245 Å². The third kappa shape index (κ3) is 5.95. The van der Waals surface area contributed by atoms with E-state index in [0.29, 0.717) is 0 Å². The van der Waals surface area contributed by atoms with Crippen LogP contribution in [-0.4, -0.2) is 23.9 Å². The summed E-state index contributed by atoms with van der Waals surface area (Å²) in [6, 6.07) is 0. The van der Waals surface area contributed by atoms with E-state index in [-0.39, 0.29) is 212 Å². The van der Waals surface area contributed by atoms with Crippen LogP contribution in [-0.2, 0) is 19.2 Å². The first kappa shape index (κ1) is 33.0. The van der Waals surface area contributed by atoms with Gasteiger partial charge >= 0.3 is 206 Å². The molecule has 0 radical (unpaired) electrons. The van der Waals surface area contributed by atoms with Crippen LogP contribution in [0.3, 0.4) is 0 Å². The molecule has 0 amide bonds. The Morgan fingerprint density at radius 1 is 0.571 bits per heavy atom. The molecule has 0 bridgehead atoms. The Balaban J connectivity index is -0.000000361. The molecule has 0 atom stereocenters. The molecule has 0 aromatic heterocycles. The van der Waals surface area contributed by atoms with E-state index in [1.54, 1.807) is 0 Å². The Labute approximate surface area is 290 Å². The van der Waals surface area contributed by atoms with Crippen molar-refractivity contribution in [2.45, 2.75) is 19.3 Å². The Morgan fingerprint density at radius 3 is 0.905 bits per heavy atom. The van der Waals surface area contributed by atoms with Crippen molar-refractivity contribution in [2.75, 3.05) is 0 Å². The van der Waals surface area contributed by atoms with Crippen LogP contribution < -0.4 is 226 Å². The molecule has 12 heteroatoms. The van der Waals surface area contributed by atoms with E-state index in [4.69, 9.17) is 0 Å². The molecule has 0 aromatic rings. The van der Waals surface area contributed by atoms with E-state index in [1.165, 1.54) is 0 Å². The summed E-state index contributed by atoms with van der Waals surface area (Å²) in [4.78, 5) is 43.5. The third-order valence-corrected chi connectivity index (χ3v) is 3.23. The van der Waals surface area contributed by atoms with Gasteiger partial charge < -0.3 is 39.6 Å². The van der Waals surface area contributed by atoms with E-state index < -0.39 is 47.5 Å². The fourth-order valence-electron chi connectivity index (χ4n) is 2.32. The van der Waals surface area contributed by atoms with Gasteiger partial charge in [0.2, 0.25) is 0 Å². The summed E-state index contributed by atoms with van der Waals surface area (Å²) < 4.78 is 0. The molecule has 1 rings (SSSR count). The Hall–Kier alpha value is 4.43. The fourth-order valence-corrected chi connectivity index (χ4v) is 2.32. The van der Waals surface area contributed by atoms with Crippen molar-refractivity contribution in [3.8, 4) is 0 Å². The van der Waals surface area contributed by atoms with Crippen LogP contribution in [0.25, 0.3) is 0 Å². The second kappa shape index (κ2) is 13.6. The number of carbonyl (C=O) groups excluding carboxylic acids is 4. The maximum Gasteiger partial charge on any atom is 1.00 e. The molecule has 21 heavy (non-hydrogen) atoms. The normalized spacial score (nSPS) is 16.8. The van der Waals surface area contributed by atoms with Crippen LogP contribution in [0.4, 0.5) is 0 Å². The van der Waals surface area contributed by atoms with Crippen LogP contribution in [0.5, 0.6) is 0 Å². The quantitative estimate of drug-likeness (QED) is 0.333. The van der Waals surface area contributed by atoms with Gasteiger partial charge in [-0.2, -0.15) is 0 Å². The Bertz CT molecular complexity index is 358. The maximum atomic E-state index is 10.9.